The third-order valence-corrected chi connectivity index (χ3v) is 6.78. The number of likely N-dealkylation sites (tertiary alicyclic amines) is 1. The first kappa shape index (κ1) is 19.4. The van der Waals surface area contributed by atoms with Crippen LogP contribution < -0.4 is 10.0 Å². The zero-order chi connectivity index (χ0) is 19.6. The minimum absolute atomic E-state index is 0.0440. The highest BCUT2D eigenvalue weighted by Gasteiger charge is 2.23. The van der Waals surface area contributed by atoms with Gasteiger partial charge in [0.1, 0.15) is 0 Å². The van der Waals surface area contributed by atoms with E-state index in [0.717, 1.165) is 18.4 Å². The Morgan fingerprint density at radius 2 is 1.59 bits per heavy atom. The summed E-state index contributed by atoms with van der Waals surface area (Å²) in [7, 11) is -2.13. The van der Waals surface area contributed by atoms with Crippen LogP contribution in [0.1, 0.15) is 28.8 Å². The van der Waals surface area contributed by atoms with Crippen molar-refractivity contribution in [2.24, 2.45) is 5.73 Å². The van der Waals surface area contributed by atoms with Gasteiger partial charge in [-0.15, -0.1) is 0 Å². The monoisotopic (exact) mass is 387 g/mol. The lowest BCUT2D eigenvalue weighted by Crippen LogP contribution is -2.42. The van der Waals surface area contributed by atoms with Crippen LogP contribution in [0.25, 0.3) is 0 Å². The largest absolute Gasteiger partial charge is 0.339 e. The molecule has 0 aromatic heterocycles. The Bertz CT molecular complexity index is 900. The van der Waals surface area contributed by atoms with Crippen LogP contribution in [0.3, 0.4) is 0 Å². The summed E-state index contributed by atoms with van der Waals surface area (Å²) in [6.45, 7) is 3.22. The Kier molecular flexibility index (Phi) is 5.53. The normalized spacial score (nSPS) is 15.6. The summed E-state index contributed by atoms with van der Waals surface area (Å²) in [6.07, 6.45) is 1.61. The van der Waals surface area contributed by atoms with E-state index >= 15 is 0 Å². The molecule has 0 radical (unpaired) electrons. The summed E-state index contributed by atoms with van der Waals surface area (Å²) >= 11 is 0. The fraction of sp³-hybridized carbons (Fsp3) is 0.350. The molecular formula is C20H25N3O3S. The molecule has 1 aliphatic rings. The molecular weight excluding hydrogens is 362 g/mol. The van der Waals surface area contributed by atoms with Crippen LogP contribution in [0.4, 0.5) is 5.69 Å². The molecule has 144 valence electrons. The van der Waals surface area contributed by atoms with Crippen LogP contribution in [0.2, 0.25) is 0 Å². The average Bonchev–Trinajstić information content (AvgIpc) is 2.68. The summed E-state index contributed by atoms with van der Waals surface area (Å²) in [6, 6.07) is 13.6. The summed E-state index contributed by atoms with van der Waals surface area (Å²) < 4.78 is 26.8. The topological polar surface area (TPSA) is 83.7 Å². The quantitative estimate of drug-likeness (QED) is 0.873. The number of amides is 1. The molecule has 27 heavy (non-hydrogen) atoms. The number of aryl methyl sites for hydroxylation is 1. The molecule has 1 saturated heterocycles. The molecule has 1 aliphatic heterocycles. The van der Waals surface area contributed by atoms with E-state index < -0.39 is 10.0 Å². The van der Waals surface area contributed by atoms with Gasteiger partial charge in [-0.05, 0) is 56.2 Å². The van der Waals surface area contributed by atoms with E-state index in [-0.39, 0.29) is 16.8 Å². The van der Waals surface area contributed by atoms with Crippen molar-refractivity contribution in [2.75, 3.05) is 24.4 Å². The van der Waals surface area contributed by atoms with Crippen molar-refractivity contribution in [3.05, 3.63) is 59.7 Å². The molecule has 2 N–H and O–H groups in total. The van der Waals surface area contributed by atoms with Gasteiger partial charge < -0.3 is 10.6 Å². The molecule has 0 unspecified atom stereocenters. The van der Waals surface area contributed by atoms with Gasteiger partial charge in [0, 0.05) is 31.7 Å². The molecule has 3 rings (SSSR count). The van der Waals surface area contributed by atoms with Crippen LogP contribution in [0.15, 0.2) is 53.4 Å². The highest BCUT2D eigenvalue weighted by molar-refractivity contribution is 7.92. The van der Waals surface area contributed by atoms with E-state index in [2.05, 4.69) is 0 Å². The number of sulfonamides is 1. The first-order chi connectivity index (χ1) is 12.8. The molecule has 0 saturated carbocycles. The minimum atomic E-state index is -3.64. The second kappa shape index (κ2) is 7.70. The number of nitrogens with two attached hydrogens (primary N) is 1. The van der Waals surface area contributed by atoms with Crippen molar-refractivity contribution in [1.82, 2.24) is 4.90 Å². The molecule has 6 nitrogen and oxygen atoms in total. The first-order valence-electron chi connectivity index (χ1n) is 8.99. The number of benzene rings is 2. The molecule has 0 bridgehead atoms. The number of hydrogen-bond donors (Lipinski definition) is 1. The maximum atomic E-state index is 12.8. The predicted molar refractivity (Wildman–Crippen MR) is 106 cm³/mol. The predicted octanol–water partition coefficient (Wildman–Crippen LogP) is 2.38. The van der Waals surface area contributed by atoms with E-state index in [4.69, 9.17) is 5.73 Å². The van der Waals surface area contributed by atoms with Gasteiger partial charge in [0.15, 0.2) is 0 Å². The van der Waals surface area contributed by atoms with E-state index in [1.165, 1.54) is 11.4 Å². The van der Waals surface area contributed by atoms with Crippen molar-refractivity contribution < 1.29 is 13.2 Å². The summed E-state index contributed by atoms with van der Waals surface area (Å²) in [5.41, 5.74) is 7.94. The molecule has 2 aromatic carbocycles. The van der Waals surface area contributed by atoms with Crippen molar-refractivity contribution >= 4 is 21.6 Å². The van der Waals surface area contributed by atoms with Gasteiger partial charge in [-0.1, -0.05) is 17.7 Å². The van der Waals surface area contributed by atoms with Crippen molar-refractivity contribution in [2.45, 2.75) is 30.7 Å². The van der Waals surface area contributed by atoms with Gasteiger partial charge in [0.2, 0.25) is 0 Å². The second-order valence-corrected chi connectivity index (χ2v) is 8.93. The van der Waals surface area contributed by atoms with Crippen LogP contribution in [-0.4, -0.2) is 45.4 Å². The third kappa shape index (κ3) is 4.14. The lowest BCUT2D eigenvalue weighted by atomic mass is 10.0. The molecule has 7 heteroatoms. The molecule has 0 atom stereocenters. The van der Waals surface area contributed by atoms with Crippen molar-refractivity contribution in [3.63, 3.8) is 0 Å². The number of anilines is 1. The number of hydrogen-bond acceptors (Lipinski definition) is 4. The van der Waals surface area contributed by atoms with Crippen LogP contribution in [-0.2, 0) is 10.0 Å². The average molecular weight is 388 g/mol. The lowest BCUT2D eigenvalue weighted by Gasteiger charge is -2.30. The standard InChI is InChI=1S/C20H25N3O3S/c1-15-3-9-19(10-4-15)27(25,26)22(2)18-7-5-16(6-8-18)20(24)23-13-11-17(21)12-14-23/h3-10,17H,11-14,21H2,1-2H3. The maximum Gasteiger partial charge on any atom is 0.264 e. The van der Waals surface area contributed by atoms with Crippen molar-refractivity contribution in [3.8, 4) is 0 Å². The van der Waals surface area contributed by atoms with E-state index in [9.17, 15) is 13.2 Å². The van der Waals surface area contributed by atoms with Crippen LogP contribution >= 0.6 is 0 Å². The molecule has 0 aliphatic carbocycles. The number of carbonyl (C=O) groups excluding carboxylic acids is 1. The molecule has 1 fully saturated rings. The van der Waals surface area contributed by atoms with E-state index in [0.29, 0.717) is 24.3 Å². The maximum absolute atomic E-state index is 12.8. The molecule has 1 heterocycles. The fourth-order valence-corrected chi connectivity index (χ4v) is 4.30. The summed E-state index contributed by atoms with van der Waals surface area (Å²) in [5, 5.41) is 0. The van der Waals surface area contributed by atoms with Gasteiger partial charge in [0.05, 0.1) is 10.6 Å². The highest BCUT2D eigenvalue weighted by Crippen LogP contribution is 2.23. The number of rotatable bonds is 4. The zero-order valence-corrected chi connectivity index (χ0v) is 16.4. The van der Waals surface area contributed by atoms with Gasteiger partial charge in [-0.25, -0.2) is 8.42 Å². The molecule has 0 spiro atoms. The summed E-state index contributed by atoms with van der Waals surface area (Å²) in [4.78, 5) is 14.6. The first-order valence-corrected chi connectivity index (χ1v) is 10.4. The minimum Gasteiger partial charge on any atom is -0.339 e. The van der Waals surface area contributed by atoms with Gasteiger partial charge in [-0.3, -0.25) is 9.10 Å². The van der Waals surface area contributed by atoms with Crippen molar-refractivity contribution in [1.29, 1.82) is 0 Å². The SMILES string of the molecule is Cc1ccc(S(=O)(=O)N(C)c2ccc(C(=O)N3CCC(N)CC3)cc2)cc1. The lowest BCUT2D eigenvalue weighted by molar-refractivity contribution is 0.0715. The molecule has 1 amide bonds. The second-order valence-electron chi connectivity index (χ2n) is 6.96. The van der Waals surface area contributed by atoms with Crippen LogP contribution in [0, 0.1) is 6.92 Å². The number of piperidine rings is 1. The number of carbonyl (C=O) groups is 1. The van der Waals surface area contributed by atoms with Gasteiger partial charge >= 0.3 is 0 Å². The summed E-state index contributed by atoms with van der Waals surface area (Å²) in [5.74, 6) is -0.0440. The molecule has 2 aromatic rings. The number of nitrogens with zero attached hydrogens (tertiary/aromatic N) is 2. The van der Waals surface area contributed by atoms with E-state index in [1.807, 2.05) is 6.92 Å². The zero-order valence-electron chi connectivity index (χ0n) is 15.6. The Morgan fingerprint density at radius 3 is 2.15 bits per heavy atom. The fourth-order valence-electron chi connectivity index (χ4n) is 3.11. The van der Waals surface area contributed by atoms with E-state index in [1.54, 1.807) is 53.4 Å². The van der Waals surface area contributed by atoms with Gasteiger partial charge in [0.25, 0.3) is 15.9 Å². The highest BCUT2D eigenvalue weighted by atomic mass is 32.2. The third-order valence-electron chi connectivity index (χ3n) is 4.98. The smallest absolute Gasteiger partial charge is 0.264 e. The Balaban J connectivity index is 1.76. The van der Waals surface area contributed by atoms with Gasteiger partial charge in [-0.2, -0.15) is 0 Å². The Hall–Kier alpha value is -2.38. The Morgan fingerprint density at radius 1 is 1.04 bits per heavy atom. The van der Waals surface area contributed by atoms with Crippen LogP contribution in [0.5, 0.6) is 0 Å². The Labute approximate surface area is 160 Å².